The number of ether oxygens (including phenoxy) is 1. The summed E-state index contributed by atoms with van der Waals surface area (Å²) >= 11 is 3.33. The van der Waals surface area contributed by atoms with Crippen LogP contribution in [-0.4, -0.2) is 24.6 Å². The third-order valence-corrected chi connectivity index (χ3v) is 3.41. The number of benzene rings is 2. The van der Waals surface area contributed by atoms with Crippen LogP contribution in [0.25, 0.3) is 0 Å². The minimum absolute atomic E-state index is 0.496. The highest BCUT2D eigenvalue weighted by molar-refractivity contribution is 9.10. The Bertz CT molecular complexity index is 728. The largest absolute Gasteiger partial charge is 0.494 e. The summed E-state index contributed by atoms with van der Waals surface area (Å²) in [6.45, 7) is 2.44. The van der Waals surface area contributed by atoms with E-state index in [0.29, 0.717) is 18.0 Å². The third kappa shape index (κ3) is 5.51. The highest BCUT2D eigenvalue weighted by Gasteiger charge is 2.12. The standard InChI is InChI=1S/C17H16BrN3O3/c1-2-24-15-9-7-14(8-10-15)20-16(22)17(23)21-19-11-12-3-5-13(18)6-4-12/h3-11H,2H2,1H3,(H,20,22)(H,21,23)/b19-11+. The second-order valence-corrected chi connectivity index (χ2v) is 5.58. The van der Waals surface area contributed by atoms with Crippen molar-refractivity contribution in [2.45, 2.75) is 6.92 Å². The van der Waals surface area contributed by atoms with E-state index in [1.165, 1.54) is 6.21 Å². The van der Waals surface area contributed by atoms with Crippen LogP contribution in [0.3, 0.4) is 0 Å². The van der Waals surface area contributed by atoms with E-state index in [9.17, 15) is 9.59 Å². The number of amides is 2. The van der Waals surface area contributed by atoms with Crippen molar-refractivity contribution < 1.29 is 14.3 Å². The SMILES string of the molecule is CCOc1ccc(NC(=O)C(=O)N/N=C/c2ccc(Br)cc2)cc1. The first-order valence-corrected chi connectivity index (χ1v) is 8.00. The molecule has 124 valence electrons. The first kappa shape index (κ1) is 17.7. The lowest BCUT2D eigenvalue weighted by Gasteiger charge is -2.06. The molecule has 2 aromatic carbocycles. The highest BCUT2D eigenvalue weighted by atomic mass is 79.9. The average molecular weight is 390 g/mol. The van der Waals surface area contributed by atoms with E-state index >= 15 is 0 Å². The van der Waals surface area contributed by atoms with Crippen LogP contribution in [0.1, 0.15) is 12.5 Å². The molecular weight excluding hydrogens is 374 g/mol. The molecule has 0 fully saturated rings. The van der Waals surface area contributed by atoms with Gasteiger partial charge in [0.15, 0.2) is 0 Å². The molecule has 0 spiro atoms. The molecule has 2 rings (SSSR count). The van der Waals surface area contributed by atoms with Crippen molar-refractivity contribution >= 4 is 39.6 Å². The number of hydrogen-bond acceptors (Lipinski definition) is 4. The van der Waals surface area contributed by atoms with Crippen molar-refractivity contribution in [3.05, 3.63) is 58.6 Å². The lowest BCUT2D eigenvalue weighted by molar-refractivity contribution is -0.136. The molecule has 6 nitrogen and oxygen atoms in total. The van der Waals surface area contributed by atoms with Crippen molar-refractivity contribution in [2.75, 3.05) is 11.9 Å². The molecular formula is C17H16BrN3O3. The van der Waals surface area contributed by atoms with Crippen LogP contribution in [0.4, 0.5) is 5.69 Å². The zero-order valence-corrected chi connectivity index (χ0v) is 14.5. The zero-order chi connectivity index (χ0) is 17.4. The number of nitrogens with one attached hydrogen (secondary N) is 2. The Morgan fingerprint density at radius 2 is 1.75 bits per heavy atom. The van der Waals surface area contributed by atoms with E-state index in [2.05, 4.69) is 31.8 Å². The molecule has 0 radical (unpaired) electrons. The van der Waals surface area contributed by atoms with Gasteiger partial charge in [0.05, 0.1) is 12.8 Å². The maximum Gasteiger partial charge on any atom is 0.329 e. The molecule has 0 aliphatic carbocycles. The molecule has 0 unspecified atom stereocenters. The van der Waals surface area contributed by atoms with Gasteiger partial charge in [0.2, 0.25) is 0 Å². The number of carbonyl (C=O) groups is 2. The van der Waals surface area contributed by atoms with Gasteiger partial charge in [0.1, 0.15) is 5.75 Å². The number of halogens is 1. The first-order chi connectivity index (χ1) is 11.6. The van der Waals surface area contributed by atoms with E-state index in [4.69, 9.17) is 4.74 Å². The van der Waals surface area contributed by atoms with E-state index < -0.39 is 11.8 Å². The molecule has 0 saturated heterocycles. The lowest BCUT2D eigenvalue weighted by Crippen LogP contribution is -2.32. The number of hydrogen-bond donors (Lipinski definition) is 2. The summed E-state index contributed by atoms with van der Waals surface area (Å²) < 4.78 is 6.24. The number of nitrogens with zero attached hydrogens (tertiary/aromatic N) is 1. The fourth-order valence-electron chi connectivity index (χ4n) is 1.75. The normalized spacial score (nSPS) is 10.4. The van der Waals surface area contributed by atoms with Gasteiger partial charge in [-0.25, -0.2) is 5.43 Å². The maximum atomic E-state index is 11.8. The molecule has 0 aliphatic rings. The van der Waals surface area contributed by atoms with Crippen LogP contribution in [0.15, 0.2) is 58.1 Å². The molecule has 0 atom stereocenters. The van der Waals surface area contributed by atoms with Crippen LogP contribution in [0.2, 0.25) is 0 Å². The second-order valence-electron chi connectivity index (χ2n) is 4.66. The maximum absolute atomic E-state index is 11.8. The first-order valence-electron chi connectivity index (χ1n) is 7.21. The summed E-state index contributed by atoms with van der Waals surface area (Å²) in [5.74, 6) is -0.955. The fourth-order valence-corrected chi connectivity index (χ4v) is 2.02. The van der Waals surface area contributed by atoms with Crippen molar-refractivity contribution in [1.29, 1.82) is 0 Å². The molecule has 2 aromatic rings. The van der Waals surface area contributed by atoms with Crippen molar-refractivity contribution in [3.8, 4) is 5.75 Å². The summed E-state index contributed by atoms with van der Waals surface area (Å²) in [6.07, 6.45) is 1.45. The average Bonchev–Trinajstić information content (AvgIpc) is 2.58. The van der Waals surface area contributed by atoms with Gasteiger partial charge in [-0.15, -0.1) is 0 Å². The van der Waals surface area contributed by atoms with E-state index in [1.807, 2.05) is 31.2 Å². The van der Waals surface area contributed by atoms with E-state index in [0.717, 1.165) is 10.0 Å². The smallest absolute Gasteiger partial charge is 0.329 e. The molecule has 0 saturated carbocycles. The molecule has 24 heavy (non-hydrogen) atoms. The van der Waals surface area contributed by atoms with Gasteiger partial charge < -0.3 is 10.1 Å². The quantitative estimate of drug-likeness (QED) is 0.468. The molecule has 2 N–H and O–H groups in total. The van der Waals surface area contributed by atoms with Gasteiger partial charge in [-0.1, -0.05) is 28.1 Å². The minimum Gasteiger partial charge on any atom is -0.494 e. The Labute approximate surface area is 148 Å². The fraction of sp³-hybridized carbons (Fsp3) is 0.118. The number of anilines is 1. The summed E-state index contributed by atoms with van der Waals surface area (Å²) in [4.78, 5) is 23.5. The molecule has 2 amide bonds. The Morgan fingerprint density at radius 1 is 1.08 bits per heavy atom. The topological polar surface area (TPSA) is 79.8 Å². The van der Waals surface area contributed by atoms with Crippen LogP contribution < -0.4 is 15.5 Å². The lowest BCUT2D eigenvalue weighted by atomic mass is 10.2. The van der Waals surface area contributed by atoms with Gasteiger partial charge in [-0.3, -0.25) is 9.59 Å². The van der Waals surface area contributed by atoms with E-state index in [-0.39, 0.29) is 0 Å². The molecule has 7 heteroatoms. The zero-order valence-electron chi connectivity index (χ0n) is 13.0. The third-order valence-electron chi connectivity index (χ3n) is 2.88. The van der Waals surface area contributed by atoms with Gasteiger partial charge in [-0.2, -0.15) is 5.10 Å². The monoisotopic (exact) mass is 389 g/mol. The Kier molecular flexibility index (Phi) is 6.51. The van der Waals surface area contributed by atoms with Gasteiger partial charge in [-0.05, 0) is 48.9 Å². The van der Waals surface area contributed by atoms with Gasteiger partial charge in [0.25, 0.3) is 0 Å². The summed E-state index contributed by atoms with van der Waals surface area (Å²) in [7, 11) is 0. The number of rotatable bonds is 5. The number of carbonyl (C=O) groups excluding carboxylic acids is 2. The van der Waals surface area contributed by atoms with Crippen LogP contribution >= 0.6 is 15.9 Å². The molecule has 0 aliphatic heterocycles. The summed E-state index contributed by atoms with van der Waals surface area (Å²) in [5, 5.41) is 6.23. The Balaban J connectivity index is 1.85. The number of hydrazone groups is 1. The predicted octanol–water partition coefficient (Wildman–Crippen LogP) is 2.94. The molecule has 0 heterocycles. The molecule has 0 bridgehead atoms. The van der Waals surface area contributed by atoms with Crippen molar-refractivity contribution in [3.63, 3.8) is 0 Å². The summed E-state index contributed by atoms with van der Waals surface area (Å²) in [5.41, 5.74) is 3.47. The van der Waals surface area contributed by atoms with Gasteiger partial charge in [0, 0.05) is 10.2 Å². The predicted molar refractivity (Wildman–Crippen MR) is 96.1 cm³/mol. The minimum atomic E-state index is -0.850. The van der Waals surface area contributed by atoms with E-state index in [1.54, 1.807) is 24.3 Å². The van der Waals surface area contributed by atoms with Crippen LogP contribution in [0.5, 0.6) is 5.75 Å². The van der Waals surface area contributed by atoms with Crippen molar-refractivity contribution in [2.24, 2.45) is 5.10 Å². The Morgan fingerprint density at radius 3 is 2.38 bits per heavy atom. The molecule has 0 aromatic heterocycles. The van der Waals surface area contributed by atoms with Crippen LogP contribution in [0, 0.1) is 0 Å². The second kappa shape index (κ2) is 8.83. The summed E-state index contributed by atoms with van der Waals surface area (Å²) in [6, 6.07) is 14.1. The highest BCUT2D eigenvalue weighted by Crippen LogP contribution is 2.15. The van der Waals surface area contributed by atoms with Crippen molar-refractivity contribution in [1.82, 2.24) is 5.43 Å². The van der Waals surface area contributed by atoms with Gasteiger partial charge >= 0.3 is 11.8 Å². The Hall–Kier alpha value is -2.67. The van der Waals surface area contributed by atoms with Crippen LogP contribution in [-0.2, 0) is 9.59 Å².